The van der Waals surface area contributed by atoms with Gasteiger partial charge in [0, 0.05) is 5.56 Å². The van der Waals surface area contributed by atoms with E-state index in [2.05, 4.69) is 0 Å². The maximum absolute atomic E-state index is 11.2. The van der Waals surface area contributed by atoms with E-state index in [1.165, 1.54) is 0 Å². The summed E-state index contributed by atoms with van der Waals surface area (Å²) < 4.78 is 16.9. The number of benzene rings is 2. The van der Waals surface area contributed by atoms with Crippen LogP contribution < -0.4 is 0 Å². The fourth-order valence-electron chi connectivity index (χ4n) is 4.16. The first kappa shape index (κ1) is 20.5. The van der Waals surface area contributed by atoms with Crippen LogP contribution in [0.1, 0.15) is 29.2 Å². The molecule has 2 aromatic carbocycles. The first-order valence-corrected chi connectivity index (χ1v) is 11.1. The third-order valence-electron chi connectivity index (χ3n) is 5.66. The van der Waals surface area contributed by atoms with E-state index in [-0.39, 0.29) is 17.7 Å². The minimum absolute atomic E-state index is 0.113. The van der Waals surface area contributed by atoms with Gasteiger partial charge >= 0.3 is 7.60 Å². The number of aliphatic hydroxyl groups is 3. The predicted octanol–water partition coefficient (Wildman–Crippen LogP) is 1.05. The highest BCUT2D eigenvalue weighted by molar-refractivity contribution is 7.51. The molecule has 156 valence electrons. The van der Waals surface area contributed by atoms with Crippen molar-refractivity contribution < 1.29 is 39.5 Å². The summed E-state index contributed by atoms with van der Waals surface area (Å²) in [6, 6.07) is 11.1. The lowest BCUT2D eigenvalue weighted by atomic mass is 9.88. The van der Waals surface area contributed by atoms with Gasteiger partial charge in [0.05, 0.1) is 12.3 Å². The molecule has 0 bridgehead atoms. The number of phenols is 1. The Kier molecular flexibility index (Phi) is 5.29. The number of rotatable bonds is 4. The molecule has 1 heterocycles. The molecule has 0 amide bonds. The molecule has 8 nitrogen and oxygen atoms in total. The van der Waals surface area contributed by atoms with Crippen LogP contribution in [0.5, 0.6) is 5.75 Å². The molecule has 1 unspecified atom stereocenters. The summed E-state index contributed by atoms with van der Waals surface area (Å²) in [4.78, 5) is 18.2. The maximum atomic E-state index is 11.2. The van der Waals surface area contributed by atoms with Crippen molar-refractivity contribution in [2.75, 3.05) is 6.16 Å². The first-order valence-electron chi connectivity index (χ1n) is 9.34. The van der Waals surface area contributed by atoms with Gasteiger partial charge in [0.15, 0.2) is 0 Å². The van der Waals surface area contributed by atoms with E-state index < -0.39 is 44.3 Å². The smallest absolute Gasteiger partial charge is 0.325 e. The summed E-state index contributed by atoms with van der Waals surface area (Å²) in [5.74, 6) is -0.113. The van der Waals surface area contributed by atoms with Crippen LogP contribution >= 0.6 is 7.60 Å². The second kappa shape index (κ2) is 7.49. The van der Waals surface area contributed by atoms with Gasteiger partial charge in [-0.25, -0.2) is 0 Å². The molecule has 5 atom stereocenters. The second-order valence-corrected chi connectivity index (χ2v) is 9.42. The standard InChI is InChI=1S/C20H23O8P/c21-15-8-11-7-10-3-1-2-4-12(10)13(11)9-14(15)20-19(24)18(23)17(22)16(28-20)5-6-29(25,26)27/h1-4,8-9,16-24H,5-7H2,(H2,25,26,27)/t16-,17-,18+,19+,20?/m1/s1. The molecule has 2 aromatic rings. The minimum atomic E-state index is -4.33. The highest BCUT2D eigenvalue weighted by Gasteiger charge is 2.45. The van der Waals surface area contributed by atoms with E-state index in [1.807, 2.05) is 24.3 Å². The summed E-state index contributed by atoms with van der Waals surface area (Å²) in [6.45, 7) is 0. The number of hydrogen-bond donors (Lipinski definition) is 6. The molecule has 29 heavy (non-hydrogen) atoms. The Balaban J connectivity index is 1.68. The van der Waals surface area contributed by atoms with Crippen molar-refractivity contribution in [2.45, 2.75) is 43.4 Å². The van der Waals surface area contributed by atoms with Gasteiger partial charge < -0.3 is 34.9 Å². The van der Waals surface area contributed by atoms with Crippen molar-refractivity contribution in [3.63, 3.8) is 0 Å². The van der Waals surface area contributed by atoms with Crippen molar-refractivity contribution in [2.24, 2.45) is 0 Å². The quantitative estimate of drug-likeness (QED) is 0.342. The summed E-state index contributed by atoms with van der Waals surface area (Å²) in [5.41, 5.74) is 4.18. The average Bonchev–Trinajstić information content (AvgIpc) is 3.02. The number of phenolic OH excluding ortho intramolecular Hbond substituents is 1. The Morgan fingerprint density at radius 1 is 0.966 bits per heavy atom. The fraction of sp³-hybridized carbons (Fsp3) is 0.400. The molecule has 1 saturated heterocycles. The van der Waals surface area contributed by atoms with Gasteiger partial charge in [-0.2, -0.15) is 0 Å². The van der Waals surface area contributed by atoms with Gasteiger partial charge in [-0.05, 0) is 47.2 Å². The molecule has 0 spiro atoms. The zero-order chi connectivity index (χ0) is 20.9. The van der Waals surface area contributed by atoms with Crippen LogP contribution in [0, 0.1) is 0 Å². The molecule has 0 aromatic heterocycles. The molecule has 0 radical (unpaired) electrons. The van der Waals surface area contributed by atoms with Gasteiger partial charge in [0.1, 0.15) is 30.2 Å². The zero-order valence-corrected chi connectivity index (χ0v) is 16.3. The van der Waals surface area contributed by atoms with E-state index in [4.69, 9.17) is 14.5 Å². The average molecular weight is 422 g/mol. The Hall–Kier alpha value is -1.77. The van der Waals surface area contributed by atoms with E-state index >= 15 is 0 Å². The van der Waals surface area contributed by atoms with Gasteiger partial charge in [0.2, 0.25) is 0 Å². The van der Waals surface area contributed by atoms with Crippen LogP contribution in [-0.2, 0) is 15.7 Å². The number of ether oxygens (including phenoxy) is 1. The third kappa shape index (κ3) is 3.85. The number of aliphatic hydroxyl groups excluding tert-OH is 3. The minimum Gasteiger partial charge on any atom is -0.508 e. The van der Waals surface area contributed by atoms with Crippen molar-refractivity contribution >= 4 is 7.60 Å². The SMILES string of the molecule is O=P(O)(O)CC[C@H]1OC(c2cc3c(cc2O)Cc2ccccc2-3)[C@@H](O)[C@@H](O)[C@@H]1O. The predicted molar refractivity (Wildman–Crippen MR) is 104 cm³/mol. The van der Waals surface area contributed by atoms with E-state index in [9.17, 15) is 25.0 Å². The summed E-state index contributed by atoms with van der Waals surface area (Å²) >= 11 is 0. The maximum Gasteiger partial charge on any atom is 0.325 e. The van der Waals surface area contributed by atoms with Crippen molar-refractivity contribution in [1.29, 1.82) is 0 Å². The van der Waals surface area contributed by atoms with Gasteiger partial charge in [-0.3, -0.25) is 4.57 Å². The Labute approximate surface area is 167 Å². The number of hydrogen-bond acceptors (Lipinski definition) is 6. The van der Waals surface area contributed by atoms with Gasteiger partial charge in [0.25, 0.3) is 0 Å². The summed E-state index contributed by atoms with van der Waals surface area (Å²) in [5, 5.41) is 41.5. The molecule has 9 heteroatoms. The normalized spacial score (nSPS) is 28.8. The Morgan fingerprint density at radius 2 is 1.69 bits per heavy atom. The molecule has 1 fully saturated rings. The molecule has 6 N–H and O–H groups in total. The molecule has 1 aliphatic heterocycles. The molecule has 1 aliphatic carbocycles. The zero-order valence-electron chi connectivity index (χ0n) is 15.4. The summed E-state index contributed by atoms with van der Waals surface area (Å²) in [6.07, 6.45) is -6.95. The number of fused-ring (bicyclic) bond motifs is 3. The fourth-order valence-corrected chi connectivity index (χ4v) is 4.75. The topological polar surface area (TPSA) is 148 Å². The highest BCUT2D eigenvalue weighted by Crippen LogP contribution is 2.45. The lowest BCUT2D eigenvalue weighted by Gasteiger charge is -2.41. The molecule has 4 rings (SSSR count). The van der Waals surface area contributed by atoms with Crippen LogP contribution in [0.4, 0.5) is 0 Å². The van der Waals surface area contributed by atoms with Gasteiger partial charge in [-0.1, -0.05) is 24.3 Å². The lowest BCUT2D eigenvalue weighted by molar-refractivity contribution is -0.225. The lowest BCUT2D eigenvalue weighted by Crippen LogP contribution is -2.54. The molecule has 0 saturated carbocycles. The largest absolute Gasteiger partial charge is 0.508 e. The Bertz CT molecular complexity index is 971. The van der Waals surface area contributed by atoms with Gasteiger partial charge in [-0.15, -0.1) is 0 Å². The van der Waals surface area contributed by atoms with E-state index in [1.54, 1.807) is 12.1 Å². The van der Waals surface area contributed by atoms with Crippen LogP contribution in [0.3, 0.4) is 0 Å². The highest BCUT2D eigenvalue weighted by atomic mass is 31.2. The molecular weight excluding hydrogens is 399 g/mol. The van der Waals surface area contributed by atoms with Crippen molar-refractivity contribution in [3.8, 4) is 16.9 Å². The van der Waals surface area contributed by atoms with Crippen molar-refractivity contribution in [1.82, 2.24) is 0 Å². The third-order valence-corrected chi connectivity index (χ3v) is 6.51. The molecular formula is C20H23O8P. The first-order chi connectivity index (χ1) is 13.7. The summed E-state index contributed by atoms with van der Waals surface area (Å²) in [7, 11) is -4.33. The van der Waals surface area contributed by atoms with Crippen LogP contribution in [0.2, 0.25) is 0 Å². The van der Waals surface area contributed by atoms with Crippen molar-refractivity contribution in [3.05, 3.63) is 53.1 Å². The Morgan fingerprint density at radius 3 is 2.41 bits per heavy atom. The van der Waals surface area contributed by atoms with Crippen LogP contribution in [0.15, 0.2) is 36.4 Å². The van der Waals surface area contributed by atoms with Crippen LogP contribution in [-0.4, -0.2) is 60.8 Å². The molecule has 2 aliphatic rings. The number of aromatic hydroxyl groups is 1. The van der Waals surface area contributed by atoms with E-state index in [0.717, 1.165) is 22.3 Å². The second-order valence-electron chi connectivity index (χ2n) is 7.65. The van der Waals surface area contributed by atoms with E-state index in [0.29, 0.717) is 6.42 Å². The van der Waals surface area contributed by atoms with Crippen LogP contribution in [0.25, 0.3) is 11.1 Å². The monoisotopic (exact) mass is 422 g/mol.